The van der Waals surface area contributed by atoms with Crippen LogP contribution in [0.1, 0.15) is 21.7 Å². The van der Waals surface area contributed by atoms with E-state index in [0.29, 0.717) is 17.1 Å². The van der Waals surface area contributed by atoms with Gasteiger partial charge in [-0.2, -0.15) is 5.10 Å². The van der Waals surface area contributed by atoms with Gasteiger partial charge in [-0.15, -0.1) is 0 Å². The van der Waals surface area contributed by atoms with Crippen LogP contribution in [0.3, 0.4) is 0 Å². The number of carbonyl (C=O) groups is 1. The Labute approximate surface area is 168 Å². The molecule has 0 saturated carbocycles. The van der Waals surface area contributed by atoms with Gasteiger partial charge >= 0.3 is 0 Å². The first-order valence-electron chi connectivity index (χ1n) is 8.83. The molecule has 146 valence electrons. The molecule has 0 aliphatic rings. The monoisotopic (exact) mass is 401 g/mol. The first kappa shape index (κ1) is 19.9. The highest BCUT2D eigenvalue weighted by molar-refractivity contribution is 6.31. The number of carbonyl (C=O) groups excluding carboxylic acids is 1. The minimum absolute atomic E-state index is 0.143. The van der Waals surface area contributed by atoms with E-state index < -0.39 is 5.82 Å². The van der Waals surface area contributed by atoms with Crippen LogP contribution in [-0.4, -0.2) is 40.8 Å². The molecule has 3 rings (SSSR count). The van der Waals surface area contributed by atoms with E-state index in [4.69, 9.17) is 16.3 Å². The van der Waals surface area contributed by atoms with Crippen molar-refractivity contribution in [1.82, 2.24) is 14.7 Å². The van der Waals surface area contributed by atoms with Crippen molar-refractivity contribution in [2.75, 3.05) is 20.2 Å². The fraction of sp³-hybridized carbons (Fsp3) is 0.238. The van der Waals surface area contributed by atoms with E-state index in [1.54, 1.807) is 42.1 Å². The van der Waals surface area contributed by atoms with Crippen molar-refractivity contribution < 1.29 is 13.9 Å². The first-order valence-corrected chi connectivity index (χ1v) is 9.21. The van der Waals surface area contributed by atoms with Crippen molar-refractivity contribution in [3.63, 3.8) is 0 Å². The molecule has 0 N–H and O–H groups in total. The van der Waals surface area contributed by atoms with E-state index in [9.17, 15) is 9.18 Å². The van der Waals surface area contributed by atoms with Crippen LogP contribution < -0.4 is 4.74 Å². The summed E-state index contributed by atoms with van der Waals surface area (Å²) in [5.41, 5.74) is 2.98. The Morgan fingerprint density at radius 2 is 1.86 bits per heavy atom. The number of rotatable bonds is 6. The van der Waals surface area contributed by atoms with Crippen LogP contribution in [0.25, 0.3) is 5.69 Å². The number of amides is 1. The van der Waals surface area contributed by atoms with Crippen LogP contribution in [0.15, 0.2) is 48.5 Å². The molecule has 0 unspecified atom stereocenters. The second-order valence-electron chi connectivity index (χ2n) is 6.45. The molecule has 0 radical (unpaired) electrons. The number of para-hydroxylation sites is 1. The number of halogens is 2. The zero-order valence-electron chi connectivity index (χ0n) is 15.9. The number of benzene rings is 2. The summed E-state index contributed by atoms with van der Waals surface area (Å²) in [6, 6.07) is 13.3. The number of aryl methyl sites for hydroxylation is 1. The van der Waals surface area contributed by atoms with Gasteiger partial charge in [-0.05, 0) is 50.2 Å². The molecule has 1 amide bonds. The van der Waals surface area contributed by atoms with Crippen LogP contribution in [-0.2, 0) is 0 Å². The van der Waals surface area contributed by atoms with Crippen LogP contribution in [0.2, 0.25) is 5.02 Å². The standard InChI is InChI=1S/C21H21ClFN3O2/c1-14-20(22)15(2)26(24-14)17-10-8-16(9-11-17)21(27)25(3)12-13-28-19-7-5-4-6-18(19)23/h4-11H,12-13H2,1-3H3. The molecule has 0 saturated heterocycles. The number of aromatic nitrogens is 2. The van der Waals surface area contributed by atoms with E-state index in [-0.39, 0.29) is 18.3 Å². The summed E-state index contributed by atoms with van der Waals surface area (Å²) in [6.07, 6.45) is 0. The van der Waals surface area contributed by atoms with E-state index in [1.165, 1.54) is 11.0 Å². The van der Waals surface area contributed by atoms with Gasteiger partial charge in [0.05, 0.1) is 28.6 Å². The molecule has 3 aromatic rings. The number of nitrogens with zero attached hydrogens (tertiary/aromatic N) is 3. The molecule has 2 aromatic carbocycles. The maximum atomic E-state index is 13.5. The molecule has 0 bridgehead atoms. The molecule has 0 aliphatic heterocycles. The molecule has 1 heterocycles. The average molecular weight is 402 g/mol. The molecule has 0 atom stereocenters. The SMILES string of the molecule is Cc1nn(-c2ccc(C(=O)N(C)CCOc3ccccc3F)cc2)c(C)c1Cl. The van der Waals surface area contributed by atoms with E-state index >= 15 is 0 Å². The maximum absolute atomic E-state index is 13.5. The summed E-state index contributed by atoms with van der Waals surface area (Å²) in [5, 5.41) is 5.04. The third-order valence-electron chi connectivity index (χ3n) is 4.43. The Hall–Kier alpha value is -2.86. The number of hydrogen-bond donors (Lipinski definition) is 0. The van der Waals surface area contributed by atoms with Crippen LogP contribution in [0.5, 0.6) is 5.75 Å². The predicted octanol–water partition coefficient (Wildman–Crippen LogP) is 4.43. The Bertz CT molecular complexity index is 986. The van der Waals surface area contributed by atoms with Gasteiger partial charge < -0.3 is 9.64 Å². The molecular formula is C21H21ClFN3O2. The zero-order chi connectivity index (χ0) is 20.3. The smallest absolute Gasteiger partial charge is 0.253 e. The third kappa shape index (κ3) is 4.17. The summed E-state index contributed by atoms with van der Waals surface area (Å²) in [5.74, 6) is -0.386. The molecule has 7 heteroatoms. The summed E-state index contributed by atoms with van der Waals surface area (Å²) in [7, 11) is 1.68. The molecule has 28 heavy (non-hydrogen) atoms. The lowest BCUT2D eigenvalue weighted by Gasteiger charge is -2.18. The largest absolute Gasteiger partial charge is 0.489 e. The lowest BCUT2D eigenvalue weighted by atomic mass is 10.2. The Balaban J connectivity index is 1.62. The molecule has 5 nitrogen and oxygen atoms in total. The van der Waals surface area contributed by atoms with Gasteiger partial charge in [0.1, 0.15) is 6.61 Å². The quantitative estimate of drug-likeness (QED) is 0.613. The van der Waals surface area contributed by atoms with E-state index in [0.717, 1.165) is 17.1 Å². The highest BCUT2D eigenvalue weighted by Gasteiger charge is 2.14. The Morgan fingerprint density at radius 3 is 2.46 bits per heavy atom. The van der Waals surface area contributed by atoms with Crippen molar-refractivity contribution in [2.24, 2.45) is 0 Å². The second kappa shape index (κ2) is 8.44. The van der Waals surface area contributed by atoms with Gasteiger partial charge in [-0.3, -0.25) is 4.79 Å². The van der Waals surface area contributed by atoms with Gasteiger partial charge in [0.25, 0.3) is 5.91 Å². The van der Waals surface area contributed by atoms with Crippen LogP contribution in [0, 0.1) is 19.7 Å². The molecule has 0 spiro atoms. The zero-order valence-corrected chi connectivity index (χ0v) is 16.7. The van der Waals surface area contributed by atoms with Crippen LogP contribution in [0.4, 0.5) is 4.39 Å². The first-order chi connectivity index (χ1) is 13.4. The molecule has 0 aliphatic carbocycles. The van der Waals surface area contributed by atoms with Crippen molar-refractivity contribution in [2.45, 2.75) is 13.8 Å². The van der Waals surface area contributed by atoms with Gasteiger partial charge in [0.2, 0.25) is 0 Å². The summed E-state index contributed by atoms with van der Waals surface area (Å²) >= 11 is 6.19. The number of likely N-dealkylation sites (N-methyl/N-ethyl adjacent to an activating group) is 1. The van der Waals surface area contributed by atoms with Crippen molar-refractivity contribution in [1.29, 1.82) is 0 Å². The topological polar surface area (TPSA) is 47.4 Å². The summed E-state index contributed by atoms with van der Waals surface area (Å²) in [6.45, 7) is 4.28. The molecular weight excluding hydrogens is 381 g/mol. The molecule has 0 fully saturated rings. The summed E-state index contributed by atoms with van der Waals surface area (Å²) in [4.78, 5) is 14.1. The molecule has 1 aromatic heterocycles. The Morgan fingerprint density at radius 1 is 1.18 bits per heavy atom. The van der Waals surface area contributed by atoms with Gasteiger partial charge in [0.15, 0.2) is 11.6 Å². The lowest BCUT2D eigenvalue weighted by molar-refractivity contribution is 0.0773. The van der Waals surface area contributed by atoms with E-state index in [1.807, 2.05) is 26.0 Å². The highest BCUT2D eigenvalue weighted by Crippen LogP contribution is 2.22. The van der Waals surface area contributed by atoms with Crippen molar-refractivity contribution >= 4 is 17.5 Å². The van der Waals surface area contributed by atoms with Crippen molar-refractivity contribution in [3.8, 4) is 11.4 Å². The second-order valence-corrected chi connectivity index (χ2v) is 6.83. The maximum Gasteiger partial charge on any atom is 0.253 e. The normalized spacial score (nSPS) is 10.8. The van der Waals surface area contributed by atoms with Gasteiger partial charge in [0, 0.05) is 12.6 Å². The van der Waals surface area contributed by atoms with E-state index in [2.05, 4.69) is 5.10 Å². The predicted molar refractivity (Wildman–Crippen MR) is 107 cm³/mol. The third-order valence-corrected chi connectivity index (χ3v) is 4.98. The summed E-state index contributed by atoms with van der Waals surface area (Å²) < 4.78 is 20.7. The highest BCUT2D eigenvalue weighted by atomic mass is 35.5. The van der Waals surface area contributed by atoms with Crippen LogP contribution >= 0.6 is 11.6 Å². The fourth-order valence-electron chi connectivity index (χ4n) is 2.80. The number of hydrogen-bond acceptors (Lipinski definition) is 3. The number of ether oxygens (including phenoxy) is 1. The minimum atomic E-state index is -0.420. The Kier molecular flexibility index (Phi) is 5.99. The lowest BCUT2D eigenvalue weighted by Crippen LogP contribution is -2.30. The average Bonchev–Trinajstić information content (AvgIpc) is 2.96. The fourth-order valence-corrected chi connectivity index (χ4v) is 2.91. The van der Waals surface area contributed by atoms with Gasteiger partial charge in [-0.1, -0.05) is 23.7 Å². The van der Waals surface area contributed by atoms with Gasteiger partial charge in [-0.25, -0.2) is 9.07 Å². The van der Waals surface area contributed by atoms with Crippen molar-refractivity contribution in [3.05, 3.63) is 76.3 Å². The minimum Gasteiger partial charge on any atom is -0.489 e.